The third-order valence-electron chi connectivity index (χ3n) is 2.77. The fourth-order valence-corrected chi connectivity index (χ4v) is 2.21. The van der Waals surface area contributed by atoms with Gasteiger partial charge in [0.1, 0.15) is 0 Å². The van der Waals surface area contributed by atoms with Gasteiger partial charge in [0.2, 0.25) is 0 Å². The summed E-state index contributed by atoms with van der Waals surface area (Å²) in [5.74, 6) is 0. The van der Waals surface area contributed by atoms with E-state index in [-0.39, 0.29) is 0 Å². The maximum atomic E-state index is 3.32. The molecule has 1 heterocycles. The quantitative estimate of drug-likeness (QED) is 0.718. The number of aromatic amines is 1. The summed E-state index contributed by atoms with van der Waals surface area (Å²) in [5, 5.41) is 1.49. The van der Waals surface area contributed by atoms with Gasteiger partial charge in [-0.15, -0.1) is 0 Å². The largest absolute Gasteiger partial charge is 0.361 e. The van der Waals surface area contributed by atoms with Crippen LogP contribution in [0.2, 0.25) is 4.94 Å². The van der Waals surface area contributed by atoms with E-state index in [4.69, 9.17) is 0 Å². The number of rotatable bonds is 0. The molecule has 0 atom stereocenters. The van der Waals surface area contributed by atoms with Gasteiger partial charge < -0.3 is 4.98 Å². The maximum Gasteiger partial charge on any atom is 0.0459 e. The molecule has 0 amide bonds. The standard InChI is InChI=1S/C11H11N.CH3.Sn/c1-3-8-4-2-6-10-11(8)9(5-1)7-12-10;;/h2,4,6-7,12H,1,3,5H2;1H3;. The van der Waals surface area contributed by atoms with Crippen molar-refractivity contribution in [2.75, 3.05) is 0 Å². The van der Waals surface area contributed by atoms with Crippen LogP contribution in [-0.4, -0.2) is 27.5 Å². The number of nitrogens with one attached hydrogen (secondary N) is 1. The summed E-state index contributed by atoms with van der Waals surface area (Å²) in [6.45, 7) is 0. The van der Waals surface area contributed by atoms with Crippen LogP contribution in [0.3, 0.4) is 0 Å². The van der Waals surface area contributed by atoms with E-state index in [0.29, 0.717) is 0 Å². The molecule has 0 saturated carbocycles. The molecule has 14 heavy (non-hydrogen) atoms. The fourth-order valence-electron chi connectivity index (χ4n) is 2.21. The van der Waals surface area contributed by atoms with Gasteiger partial charge in [-0.2, -0.15) is 0 Å². The van der Waals surface area contributed by atoms with Gasteiger partial charge in [-0.3, -0.25) is 0 Å². The second-order valence-electron chi connectivity index (χ2n) is 3.51. The Balaban J connectivity index is 0.000000354. The Morgan fingerprint density at radius 2 is 1.93 bits per heavy atom. The van der Waals surface area contributed by atoms with Gasteiger partial charge >= 0.3 is 27.5 Å². The molecule has 1 aromatic carbocycles. The first-order valence-corrected chi connectivity index (χ1v) is 7.88. The molecule has 2 aromatic rings. The van der Waals surface area contributed by atoms with E-state index < -0.39 is 0 Å². The normalized spacial score (nSPS) is 13.6. The number of H-pyrrole nitrogens is 1. The maximum absolute atomic E-state index is 3.32. The van der Waals surface area contributed by atoms with Crippen LogP contribution >= 0.6 is 0 Å². The molecular weight excluding hydrogens is 277 g/mol. The average molecular weight is 291 g/mol. The van der Waals surface area contributed by atoms with Crippen LogP contribution in [0.25, 0.3) is 10.9 Å². The zero-order valence-corrected chi connectivity index (χ0v) is 11.3. The first-order valence-electron chi connectivity index (χ1n) is 5.03. The molecule has 71 valence electrons. The van der Waals surface area contributed by atoms with Crippen LogP contribution in [0.4, 0.5) is 0 Å². The van der Waals surface area contributed by atoms with Crippen molar-refractivity contribution in [1.29, 1.82) is 0 Å². The molecule has 0 bridgehead atoms. The molecule has 3 radical (unpaired) electrons. The number of hydrogen-bond acceptors (Lipinski definition) is 0. The summed E-state index contributed by atoms with van der Waals surface area (Å²) in [6, 6.07) is 6.55. The van der Waals surface area contributed by atoms with Crippen molar-refractivity contribution in [2.24, 2.45) is 0 Å². The number of aryl methyl sites for hydroxylation is 2. The zero-order valence-electron chi connectivity index (χ0n) is 8.43. The van der Waals surface area contributed by atoms with Crippen LogP contribution < -0.4 is 0 Å². The molecular formula is C12H14NSn. The SMILES string of the molecule is [CH3][Sn].c1cc2c3c(c[nH]c3c1)CCC2. The van der Waals surface area contributed by atoms with Gasteiger partial charge in [0, 0.05) is 17.1 Å². The minimum Gasteiger partial charge on any atom is -0.361 e. The van der Waals surface area contributed by atoms with Crippen molar-refractivity contribution in [2.45, 2.75) is 24.2 Å². The number of aromatic nitrogens is 1. The van der Waals surface area contributed by atoms with Crippen molar-refractivity contribution in [3.8, 4) is 0 Å². The van der Waals surface area contributed by atoms with Gasteiger partial charge in [-0.05, 0) is 36.5 Å². The molecule has 1 aromatic heterocycles. The molecule has 1 N–H and O–H groups in total. The Morgan fingerprint density at radius 1 is 1.14 bits per heavy atom. The second kappa shape index (κ2) is 4.39. The molecule has 0 spiro atoms. The van der Waals surface area contributed by atoms with Crippen molar-refractivity contribution in [3.05, 3.63) is 35.5 Å². The molecule has 2 heteroatoms. The van der Waals surface area contributed by atoms with E-state index in [1.54, 1.807) is 22.5 Å². The van der Waals surface area contributed by atoms with Gasteiger partial charge in [0.25, 0.3) is 0 Å². The third-order valence-corrected chi connectivity index (χ3v) is 2.77. The molecule has 0 aliphatic heterocycles. The molecule has 0 saturated heterocycles. The van der Waals surface area contributed by atoms with Crippen LogP contribution in [-0.2, 0) is 12.8 Å². The van der Waals surface area contributed by atoms with E-state index in [9.17, 15) is 0 Å². The van der Waals surface area contributed by atoms with Crippen LogP contribution in [0.15, 0.2) is 24.4 Å². The van der Waals surface area contributed by atoms with Gasteiger partial charge in [0.05, 0.1) is 0 Å². The first kappa shape index (κ1) is 10.1. The van der Waals surface area contributed by atoms with E-state index >= 15 is 0 Å². The Hall–Kier alpha value is -0.441. The van der Waals surface area contributed by atoms with E-state index in [1.165, 1.54) is 41.3 Å². The zero-order chi connectivity index (χ0) is 9.97. The van der Waals surface area contributed by atoms with Gasteiger partial charge in [0.15, 0.2) is 0 Å². The molecule has 0 unspecified atom stereocenters. The first-order chi connectivity index (χ1) is 6.95. The fraction of sp³-hybridized carbons (Fsp3) is 0.333. The molecule has 1 aliphatic rings. The monoisotopic (exact) mass is 292 g/mol. The smallest absolute Gasteiger partial charge is 0.0459 e. The van der Waals surface area contributed by atoms with Crippen LogP contribution in [0.1, 0.15) is 17.5 Å². The predicted octanol–water partition coefficient (Wildman–Crippen LogP) is 2.86. The summed E-state index contributed by atoms with van der Waals surface area (Å²) in [4.78, 5) is 5.41. The summed E-state index contributed by atoms with van der Waals surface area (Å²) in [5.41, 5.74) is 4.34. The molecule has 1 nitrogen and oxygen atoms in total. The Labute approximate surface area is 98.0 Å². The van der Waals surface area contributed by atoms with E-state index in [2.05, 4.69) is 34.3 Å². The summed E-state index contributed by atoms with van der Waals surface area (Å²) < 4.78 is 0. The topological polar surface area (TPSA) is 15.8 Å². The van der Waals surface area contributed by atoms with Gasteiger partial charge in [-0.25, -0.2) is 0 Å². The average Bonchev–Trinajstić information content (AvgIpc) is 2.68. The predicted molar refractivity (Wildman–Crippen MR) is 61.9 cm³/mol. The Bertz CT molecular complexity index is 431. The minimum atomic E-state index is 1.25. The van der Waals surface area contributed by atoms with Crippen molar-refractivity contribution >= 4 is 33.4 Å². The van der Waals surface area contributed by atoms with E-state index in [0.717, 1.165) is 0 Å². The summed E-state index contributed by atoms with van der Waals surface area (Å²) in [6.07, 6.45) is 5.97. The summed E-state index contributed by atoms with van der Waals surface area (Å²) in [7, 11) is 0. The Kier molecular flexibility index (Phi) is 3.16. The number of hydrogen-bond donors (Lipinski definition) is 1. The van der Waals surface area contributed by atoms with Crippen molar-refractivity contribution in [1.82, 2.24) is 4.98 Å². The third kappa shape index (κ3) is 1.58. The molecule has 3 rings (SSSR count). The van der Waals surface area contributed by atoms with Crippen molar-refractivity contribution in [3.63, 3.8) is 0 Å². The number of benzene rings is 1. The van der Waals surface area contributed by atoms with Crippen molar-refractivity contribution < 1.29 is 0 Å². The summed E-state index contributed by atoms with van der Waals surface area (Å²) >= 11 is 1.55. The second-order valence-corrected chi connectivity index (χ2v) is 3.51. The molecule has 0 fully saturated rings. The molecule has 1 aliphatic carbocycles. The van der Waals surface area contributed by atoms with Crippen LogP contribution in [0.5, 0.6) is 0 Å². The van der Waals surface area contributed by atoms with Crippen LogP contribution in [0, 0.1) is 0 Å². The minimum absolute atomic E-state index is 1.25. The Morgan fingerprint density at radius 3 is 2.79 bits per heavy atom. The van der Waals surface area contributed by atoms with Gasteiger partial charge in [-0.1, -0.05) is 12.1 Å². The van der Waals surface area contributed by atoms with E-state index in [1.807, 2.05) is 0 Å².